The van der Waals surface area contributed by atoms with Gasteiger partial charge in [-0.3, -0.25) is 14.9 Å². The molecule has 1 saturated heterocycles. The van der Waals surface area contributed by atoms with Gasteiger partial charge in [0.25, 0.3) is 0 Å². The van der Waals surface area contributed by atoms with Crippen molar-refractivity contribution in [3.63, 3.8) is 0 Å². The molecule has 0 aromatic heterocycles. The number of carbonyl (C=O) groups is 2. The molecule has 0 spiro atoms. The minimum Gasteiger partial charge on any atom is -0.469 e. The molecule has 1 heterocycles. The molecule has 0 bridgehead atoms. The van der Waals surface area contributed by atoms with Crippen molar-refractivity contribution in [1.82, 2.24) is 10.2 Å². The minimum absolute atomic E-state index is 0.113. The van der Waals surface area contributed by atoms with E-state index in [9.17, 15) is 14.0 Å². The van der Waals surface area contributed by atoms with Crippen LogP contribution in [0.3, 0.4) is 0 Å². The van der Waals surface area contributed by atoms with E-state index < -0.39 is 6.17 Å². The SMILES string of the molecule is COC(=O)CCN1C(=O)CNC1c1cccc(F)c1. The van der Waals surface area contributed by atoms with E-state index in [0.29, 0.717) is 5.56 Å². The van der Waals surface area contributed by atoms with Crippen LogP contribution in [0, 0.1) is 5.82 Å². The number of benzene rings is 1. The van der Waals surface area contributed by atoms with Gasteiger partial charge < -0.3 is 9.64 Å². The van der Waals surface area contributed by atoms with Gasteiger partial charge >= 0.3 is 5.97 Å². The summed E-state index contributed by atoms with van der Waals surface area (Å²) in [6.45, 7) is 0.433. The summed E-state index contributed by atoms with van der Waals surface area (Å²) in [4.78, 5) is 24.4. The molecule has 0 saturated carbocycles. The Morgan fingerprint density at radius 2 is 2.37 bits per heavy atom. The molecule has 0 radical (unpaired) electrons. The van der Waals surface area contributed by atoms with Gasteiger partial charge in [-0.2, -0.15) is 0 Å². The lowest BCUT2D eigenvalue weighted by molar-refractivity contribution is -0.141. The molecule has 5 nitrogen and oxygen atoms in total. The van der Waals surface area contributed by atoms with Crippen LogP contribution in [0.2, 0.25) is 0 Å². The Hall–Kier alpha value is -1.95. The zero-order valence-corrected chi connectivity index (χ0v) is 10.6. The second-order valence-corrected chi connectivity index (χ2v) is 4.25. The summed E-state index contributed by atoms with van der Waals surface area (Å²) in [5.41, 5.74) is 0.663. The van der Waals surface area contributed by atoms with E-state index in [-0.39, 0.29) is 37.2 Å². The van der Waals surface area contributed by atoms with Crippen molar-refractivity contribution in [2.24, 2.45) is 0 Å². The molecular weight excluding hydrogens is 251 g/mol. The Balaban J connectivity index is 2.11. The van der Waals surface area contributed by atoms with Crippen molar-refractivity contribution in [2.45, 2.75) is 12.6 Å². The highest BCUT2D eigenvalue weighted by Gasteiger charge is 2.31. The summed E-state index contributed by atoms with van der Waals surface area (Å²) in [6, 6.07) is 6.05. The highest BCUT2D eigenvalue weighted by molar-refractivity contribution is 5.81. The Labute approximate surface area is 110 Å². The van der Waals surface area contributed by atoms with Gasteiger partial charge in [0.15, 0.2) is 0 Å². The van der Waals surface area contributed by atoms with Crippen LogP contribution in [0.1, 0.15) is 18.2 Å². The van der Waals surface area contributed by atoms with Crippen LogP contribution >= 0.6 is 0 Å². The Morgan fingerprint density at radius 3 is 3.05 bits per heavy atom. The zero-order chi connectivity index (χ0) is 13.8. The minimum atomic E-state index is -0.396. The maximum Gasteiger partial charge on any atom is 0.307 e. The predicted octanol–water partition coefficient (Wildman–Crippen LogP) is 0.819. The average molecular weight is 266 g/mol. The van der Waals surface area contributed by atoms with E-state index in [2.05, 4.69) is 10.1 Å². The van der Waals surface area contributed by atoms with Gasteiger partial charge in [0, 0.05) is 6.54 Å². The fourth-order valence-corrected chi connectivity index (χ4v) is 2.08. The zero-order valence-electron chi connectivity index (χ0n) is 10.6. The van der Waals surface area contributed by atoms with Crippen LogP contribution in [0.5, 0.6) is 0 Å². The van der Waals surface area contributed by atoms with E-state index in [1.165, 1.54) is 24.1 Å². The Bertz CT molecular complexity index is 493. The third kappa shape index (κ3) is 3.08. The highest BCUT2D eigenvalue weighted by atomic mass is 19.1. The van der Waals surface area contributed by atoms with Crippen molar-refractivity contribution in [1.29, 1.82) is 0 Å². The molecule has 102 valence electrons. The number of hydrogen-bond acceptors (Lipinski definition) is 4. The van der Waals surface area contributed by atoms with Gasteiger partial charge in [-0.1, -0.05) is 12.1 Å². The van der Waals surface area contributed by atoms with Crippen LogP contribution in [0.4, 0.5) is 4.39 Å². The molecule has 1 aromatic carbocycles. The van der Waals surface area contributed by atoms with Gasteiger partial charge in [0.2, 0.25) is 5.91 Å². The number of nitrogens with one attached hydrogen (secondary N) is 1. The summed E-state index contributed by atoms with van der Waals surface area (Å²) < 4.78 is 17.8. The van der Waals surface area contributed by atoms with E-state index in [4.69, 9.17) is 0 Å². The summed E-state index contributed by atoms with van der Waals surface area (Å²) in [7, 11) is 1.30. The summed E-state index contributed by atoms with van der Waals surface area (Å²) in [5.74, 6) is -0.845. The van der Waals surface area contributed by atoms with Crippen molar-refractivity contribution >= 4 is 11.9 Å². The lowest BCUT2D eigenvalue weighted by Gasteiger charge is -2.24. The van der Waals surface area contributed by atoms with E-state index >= 15 is 0 Å². The van der Waals surface area contributed by atoms with Gasteiger partial charge in [-0.25, -0.2) is 4.39 Å². The van der Waals surface area contributed by atoms with E-state index in [1.807, 2.05) is 0 Å². The van der Waals surface area contributed by atoms with Crippen LogP contribution in [-0.2, 0) is 14.3 Å². The lowest BCUT2D eigenvalue weighted by Crippen LogP contribution is -2.32. The number of hydrogen-bond donors (Lipinski definition) is 1. The molecule has 1 aliphatic rings. The molecule has 6 heteroatoms. The first-order valence-electron chi connectivity index (χ1n) is 5.97. The second-order valence-electron chi connectivity index (χ2n) is 4.25. The van der Waals surface area contributed by atoms with Crippen molar-refractivity contribution in [3.8, 4) is 0 Å². The molecule has 1 fully saturated rings. The number of rotatable bonds is 4. The third-order valence-electron chi connectivity index (χ3n) is 3.03. The smallest absolute Gasteiger partial charge is 0.307 e. The van der Waals surface area contributed by atoms with Gasteiger partial charge in [-0.15, -0.1) is 0 Å². The number of carbonyl (C=O) groups excluding carboxylic acids is 2. The quantitative estimate of drug-likeness (QED) is 0.820. The second kappa shape index (κ2) is 5.79. The fourth-order valence-electron chi connectivity index (χ4n) is 2.08. The molecule has 2 rings (SSSR count). The normalized spacial score (nSPS) is 18.7. The predicted molar refractivity (Wildman–Crippen MR) is 65.5 cm³/mol. The first-order chi connectivity index (χ1) is 9.11. The summed E-state index contributed by atoms with van der Waals surface area (Å²) in [6.07, 6.45) is -0.275. The maximum absolute atomic E-state index is 13.2. The Kier molecular flexibility index (Phi) is 4.11. The molecule has 1 aromatic rings. The summed E-state index contributed by atoms with van der Waals surface area (Å²) in [5, 5.41) is 3.00. The van der Waals surface area contributed by atoms with Crippen molar-refractivity contribution in [3.05, 3.63) is 35.6 Å². The molecule has 19 heavy (non-hydrogen) atoms. The number of halogens is 1. The lowest BCUT2D eigenvalue weighted by atomic mass is 10.1. The van der Waals surface area contributed by atoms with E-state index in [0.717, 1.165) is 0 Å². The molecule has 1 aliphatic heterocycles. The van der Waals surface area contributed by atoms with E-state index in [1.54, 1.807) is 12.1 Å². The van der Waals surface area contributed by atoms with Gasteiger partial charge in [0.05, 0.1) is 20.1 Å². The Morgan fingerprint density at radius 1 is 1.58 bits per heavy atom. The van der Waals surface area contributed by atoms with Crippen LogP contribution in [-0.4, -0.2) is 37.0 Å². The van der Waals surface area contributed by atoms with Crippen molar-refractivity contribution < 1.29 is 18.7 Å². The van der Waals surface area contributed by atoms with Crippen LogP contribution < -0.4 is 5.32 Å². The number of nitrogens with zero attached hydrogens (tertiary/aromatic N) is 1. The van der Waals surface area contributed by atoms with Gasteiger partial charge in [-0.05, 0) is 17.7 Å². The number of ether oxygens (including phenoxy) is 1. The molecule has 1 N–H and O–H groups in total. The van der Waals surface area contributed by atoms with Gasteiger partial charge in [0.1, 0.15) is 12.0 Å². The first-order valence-corrected chi connectivity index (χ1v) is 5.97. The molecule has 1 unspecified atom stereocenters. The first kappa shape index (κ1) is 13.5. The third-order valence-corrected chi connectivity index (χ3v) is 3.03. The van der Waals surface area contributed by atoms with Crippen LogP contribution in [0.15, 0.2) is 24.3 Å². The van der Waals surface area contributed by atoms with Crippen LogP contribution in [0.25, 0.3) is 0 Å². The maximum atomic E-state index is 13.2. The monoisotopic (exact) mass is 266 g/mol. The fraction of sp³-hybridized carbons (Fsp3) is 0.385. The number of esters is 1. The molecule has 1 atom stereocenters. The van der Waals surface area contributed by atoms with Crippen molar-refractivity contribution in [2.75, 3.05) is 20.2 Å². The average Bonchev–Trinajstić information content (AvgIpc) is 2.77. The topological polar surface area (TPSA) is 58.6 Å². The number of amides is 1. The molecule has 1 amide bonds. The standard InChI is InChI=1S/C13H15FN2O3/c1-19-12(18)5-6-16-11(17)8-15-13(16)9-3-2-4-10(14)7-9/h2-4,7,13,15H,5-6,8H2,1H3. The summed E-state index contributed by atoms with van der Waals surface area (Å²) >= 11 is 0. The molecular formula is C13H15FN2O3. The molecule has 0 aliphatic carbocycles. The number of methoxy groups -OCH3 is 1. The highest BCUT2D eigenvalue weighted by Crippen LogP contribution is 2.23. The largest absolute Gasteiger partial charge is 0.469 e.